The van der Waals surface area contributed by atoms with Gasteiger partial charge in [0.25, 0.3) is 5.91 Å². The first-order chi connectivity index (χ1) is 7.69. The van der Waals surface area contributed by atoms with Crippen LogP contribution in [0.2, 0.25) is 0 Å². The Hall–Kier alpha value is -2.02. The molecule has 1 aromatic carbocycles. The third kappa shape index (κ3) is 2.99. The van der Waals surface area contributed by atoms with Gasteiger partial charge in [0.1, 0.15) is 12.3 Å². The summed E-state index contributed by atoms with van der Waals surface area (Å²) in [5.41, 5.74) is 1.45. The molecule has 16 heavy (non-hydrogen) atoms. The maximum absolute atomic E-state index is 11.5. The van der Waals surface area contributed by atoms with Crippen molar-refractivity contribution in [2.75, 3.05) is 13.2 Å². The molecule has 1 amide bonds. The summed E-state index contributed by atoms with van der Waals surface area (Å²) in [5.74, 6) is 0.534. The lowest BCUT2D eigenvalue weighted by Gasteiger charge is -2.08. The Bertz CT molecular complexity index is 422. The number of nitrogens with one attached hydrogen (secondary N) is 1. The van der Waals surface area contributed by atoms with Crippen LogP contribution in [0.4, 0.5) is 0 Å². The van der Waals surface area contributed by atoms with Crippen molar-refractivity contribution in [1.82, 2.24) is 5.32 Å². The lowest BCUT2D eigenvalue weighted by atomic mass is 10.1. The highest BCUT2D eigenvalue weighted by molar-refractivity contribution is 5.94. The first kappa shape index (κ1) is 12.1. The summed E-state index contributed by atoms with van der Waals surface area (Å²) in [5, 5.41) is 10.8. The molecule has 0 spiro atoms. The van der Waals surface area contributed by atoms with Crippen molar-refractivity contribution in [3.05, 3.63) is 29.3 Å². The normalized spacial score (nSPS) is 9.31. The number of ether oxygens (including phenoxy) is 1. The van der Waals surface area contributed by atoms with Crippen molar-refractivity contribution in [3.63, 3.8) is 0 Å². The zero-order valence-electron chi connectivity index (χ0n) is 9.41. The van der Waals surface area contributed by atoms with Crippen LogP contribution in [0.1, 0.15) is 22.8 Å². The van der Waals surface area contributed by atoms with Crippen LogP contribution in [0.3, 0.4) is 0 Å². The topological polar surface area (TPSA) is 62.1 Å². The minimum Gasteiger partial charge on any atom is -0.494 e. The van der Waals surface area contributed by atoms with E-state index in [9.17, 15) is 4.79 Å². The molecule has 0 fully saturated rings. The van der Waals surface area contributed by atoms with Crippen LogP contribution in [0, 0.1) is 18.3 Å². The number of nitrogens with zero attached hydrogens (tertiary/aromatic N) is 1. The summed E-state index contributed by atoms with van der Waals surface area (Å²) in [7, 11) is 0. The Morgan fingerprint density at radius 1 is 1.56 bits per heavy atom. The number of benzene rings is 1. The zero-order valence-corrected chi connectivity index (χ0v) is 9.41. The van der Waals surface area contributed by atoms with Gasteiger partial charge in [-0.15, -0.1) is 0 Å². The first-order valence-electron chi connectivity index (χ1n) is 5.07. The van der Waals surface area contributed by atoms with Crippen molar-refractivity contribution in [3.8, 4) is 11.8 Å². The predicted octanol–water partition coefficient (Wildman–Crippen LogP) is 1.65. The van der Waals surface area contributed by atoms with Gasteiger partial charge in [-0.3, -0.25) is 4.79 Å². The molecule has 0 radical (unpaired) electrons. The molecular formula is C12H14N2O2. The van der Waals surface area contributed by atoms with Crippen LogP contribution in [0.5, 0.6) is 5.75 Å². The second-order valence-corrected chi connectivity index (χ2v) is 3.25. The summed E-state index contributed by atoms with van der Waals surface area (Å²) in [6.07, 6.45) is 0. The molecular weight excluding hydrogens is 204 g/mol. The van der Waals surface area contributed by atoms with Crippen molar-refractivity contribution in [2.45, 2.75) is 13.8 Å². The van der Waals surface area contributed by atoms with Crippen molar-refractivity contribution in [2.24, 2.45) is 0 Å². The second-order valence-electron chi connectivity index (χ2n) is 3.25. The second kappa shape index (κ2) is 5.76. The molecule has 0 saturated carbocycles. The number of nitriles is 1. The Labute approximate surface area is 94.8 Å². The molecule has 0 atom stereocenters. The summed E-state index contributed by atoms with van der Waals surface area (Å²) >= 11 is 0. The maximum Gasteiger partial charge on any atom is 0.252 e. The SMILES string of the molecule is CCOc1ccc(C(=O)NCC#N)cc1C. The van der Waals surface area contributed by atoms with E-state index >= 15 is 0 Å². The molecule has 1 aromatic rings. The minimum atomic E-state index is -0.243. The van der Waals surface area contributed by atoms with E-state index in [-0.39, 0.29) is 12.5 Å². The number of amides is 1. The number of aryl methyl sites for hydroxylation is 1. The highest BCUT2D eigenvalue weighted by atomic mass is 16.5. The molecule has 0 unspecified atom stereocenters. The molecule has 1 rings (SSSR count). The van der Waals surface area contributed by atoms with Crippen LogP contribution in [0.25, 0.3) is 0 Å². The molecule has 1 N–H and O–H groups in total. The van der Waals surface area contributed by atoms with Crippen LogP contribution in [-0.4, -0.2) is 19.1 Å². The fraction of sp³-hybridized carbons (Fsp3) is 0.333. The van der Waals surface area contributed by atoms with Gasteiger partial charge in [0.2, 0.25) is 0 Å². The largest absolute Gasteiger partial charge is 0.494 e. The van der Waals surface area contributed by atoms with Crippen LogP contribution in [0.15, 0.2) is 18.2 Å². The Morgan fingerprint density at radius 2 is 2.31 bits per heavy atom. The van der Waals surface area contributed by atoms with E-state index in [0.717, 1.165) is 11.3 Å². The summed E-state index contributed by atoms with van der Waals surface area (Å²) in [6, 6.07) is 7.05. The molecule has 0 aliphatic heterocycles. The van der Waals surface area contributed by atoms with Crippen LogP contribution in [-0.2, 0) is 0 Å². The van der Waals surface area contributed by atoms with Crippen LogP contribution < -0.4 is 10.1 Å². The molecule has 0 aliphatic carbocycles. The summed E-state index contributed by atoms with van der Waals surface area (Å²) in [4.78, 5) is 11.5. The number of carbonyl (C=O) groups excluding carboxylic acids is 1. The van der Waals surface area contributed by atoms with Gasteiger partial charge in [0.05, 0.1) is 12.7 Å². The van der Waals surface area contributed by atoms with Gasteiger partial charge in [-0.05, 0) is 37.6 Å². The Morgan fingerprint density at radius 3 is 2.88 bits per heavy atom. The highest BCUT2D eigenvalue weighted by Crippen LogP contribution is 2.18. The molecule has 0 heterocycles. The number of hydrogen-bond acceptors (Lipinski definition) is 3. The van der Waals surface area contributed by atoms with E-state index in [1.54, 1.807) is 18.2 Å². The molecule has 0 saturated heterocycles. The predicted molar refractivity (Wildman–Crippen MR) is 60.3 cm³/mol. The van der Waals surface area contributed by atoms with Crippen molar-refractivity contribution in [1.29, 1.82) is 5.26 Å². The van der Waals surface area contributed by atoms with Gasteiger partial charge in [-0.1, -0.05) is 0 Å². The average Bonchev–Trinajstić information content (AvgIpc) is 2.29. The van der Waals surface area contributed by atoms with Crippen molar-refractivity contribution >= 4 is 5.91 Å². The summed E-state index contributed by atoms with van der Waals surface area (Å²) < 4.78 is 5.37. The fourth-order valence-electron chi connectivity index (χ4n) is 1.33. The lowest BCUT2D eigenvalue weighted by Crippen LogP contribution is -2.23. The number of hydrogen-bond donors (Lipinski definition) is 1. The quantitative estimate of drug-likeness (QED) is 0.781. The maximum atomic E-state index is 11.5. The van der Waals surface area contributed by atoms with Gasteiger partial charge < -0.3 is 10.1 Å². The van der Waals surface area contributed by atoms with Gasteiger partial charge in [-0.2, -0.15) is 5.26 Å². The molecule has 4 heteroatoms. The van der Waals surface area contributed by atoms with E-state index in [1.807, 2.05) is 19.9 Å². The molecule has 0 bridgehead atoms. The van der Waals surface area contributed by atoms with Gasteiger partial charge in [0, 0.05) is 5.56 Å². The van der Waals surface area contributed by atoms with E-state index in [4.69, 9.17) is 10.00 Å². The van der Waals surface area contributed by atoms with Gasteiger partial charge in [0.15, 0.2) is 0 Å². The monoisotopic (exact) mass is 218 g/mol. The number of rotatable bonds is 4. The standard InChI is InChI=1S/C12H14N2O2/c1-3-16-11-5-4-10(8-9(11)2)12(15)14-7-6-13/h4-5,8H,3,7H2,1-2H3,(H,14,15). The lowest BCUT2D eigenvalue weighted by molar-refractivity contribution is 0.0958. The average molecular weight is 218 g/mol. The molecule has 4 nitrogen and oxygen atoms in total. The van der Waals surface area contributed by atoms with Crippen molar-refractivity contribution < 1.29 is 9.53 Å². The number of carbonyl (C=O) groups is 1. The van der Waals surface area contributed by atoms with Gasteiger partial charge in [-0.25, -0.2) is 0 Å². The van der Waals surface area contributed by atoms with Crippen LogP contribution >= 0.6 is 0 Å². The summed E-state index contributed by atoms with van der Waals surface area (Å²) in [6.45, 7) is 4.41. The molecule has 0 aromatic heterocycles. The molecule has 0 aliphatic rings. The fourth-order valence-corrected chi connectivity index (χ4v) is 1.33. The van der Waals surface area contributed by atoms with Gasteiger partial charge >= 0.3 is 0 Å². The Balaban J connectivity index is 2.80. The zero-order chi connectivity index (χ0) is 12.0. The van der Waals surface area contributed by atoms with E-state index in [2.05, 4.69) is 5.32 Å². The smallest absolute Gasteiger partial charge is 0.252 e. The molecule has 84 valence electrons. The van der Waals surface area contributed by atoms with E-state index in [1.165, 1.54) is 0 Å². The highest BCUT2D eigenvalue weighted by Gasteiger charge is 2.07. The van der Waals surface area contributed by atoms with E-state index < -0.39 is 0 Å². The third-order valence-electron chi connectivity index (χ3n) is 2.06. The minimum absolute atomic E-state index is 0.0189. The van der Waals surface area contributed by atoms with E-state index in [0.29, 0.717) is 12.2 Å². The Kier molecular flexibility index (Phi) is 4.34. The third-order valence-corrected chi connectivity index (χ3v) is 2.06. The first-order valence-corrected chi connectivity index (χ1v) is 5.07.